The van der Waals surface area contributed by atoms with Crippen molar-refractivity contribution in [2.24, 2.45) is 0 Å². The van der Waals surface area contributed by atoms with Crippen LogP contribution in [0.2, 0.25) is 0 Å². The Balaban J connectivity index is 1.91. The Morgan fingerprint density at radius 3 is 1.11 bits per heavy atom. The SMILES string of the molecule is Cc1c(O)c(O)c(O)c(-c2nc(-c3c(O)c(O)c(O)c(O)c3O)nc(-c3c(O)c(O)c(O)c(B4OC(C)(C)C(C)(C)O4)c3O)n2)c1O. The second-order valence-electron chi connectivity index (χ2n) is 11.6. The normalized spacial score (nSPS) is 15.3. The summed E-state index contributed by atoms with van der Waals surface area (Å²) >= 11 is 0. The molecule has 1 aliphatic rings. The standard InChI is InChI=1S/C28H28BN3O15/c1-6-11(33)7(14(36)19(41)12(6)34)24-30-25(32-26(31-24)9-16(38)21(43)23(45)22(44)17(9)39)8-13(35)10(18(40)20(42)15(8)37)29-46-27(2,3)28(4,5)47-29/h33-45H,1-5H3. The van der Waals surface area contributed by atoms with Gasteiger partial charge in [0.2, 0.25) is 28.7 Å². The molecule has 0 bridgehead atoms. The molecule has 2 heterocycles. The summed E-state index contributed by atoms with van der Waals surface area (Å²) in [4.78, 5) is 11.9. The van der Waals surface area contributed by atoms with Crippen LogP contribution in [0.25, 0.3) is 34.2 Å². The maximum Gasteiger partial charge on any atom is 0.502 e. The Labute approximate surface area is 263 Å². The Bertz CT molecular complexity index is 1850. The minimum atomic E-state index is -1.57. The monoisotopic (exact) mass is 657 g/mol. The highest BCUT2D eigenvalue weighted by molar-refractivity contribution is 6.64. The summed E-state index contributed by atoms with van der Waals surface area (Å²) in [6.07, 6.45) is 0. The highest BCUT2D eigenvalue weighted by Crippen LogP contribution is 2.56. The molecule has 19 heteroatoms. The number of nitrogens with zero attached hydrogens (tertiary/aromatic N) is 3. The van der Waals surface area contributed by atoms with Gasteiger partial charge in [-0.15, -0.1) is 0 Å². The number of phenols is 13. The average Bonchev–Trinajstić information content (AvgIpc) is 3.21. The first-order valence-corrected chi connectivity index (χ1v) is 13.4. The van der Waals surface area contributed by atoms with Gasteiger partial charge in [-0.3, -0.25) is 0 Å². The predicted octanol–water partition coefficient (Wildman–Crippen LogP) is 1.65. The van der Waals surface area contributed by atoms with Crippen LogP contribution in [0.5, 0.6) is 74.7 Å². The third-order valence-corrected chi connectivity index (χ3v) is 8.23. The van der Waals surface area contributed by atoms with Crippen LogP contribution < -0.4 is 5.46 Å². The van der Waals surface area contributed by atoms with Gasteiger partial charge in [-0.2, -0.15) is 0 Å². The predicted molar refractivity (Wildman–Crippen MR) is 158 cm³/mol. The fourth-order valence-electron chi connectivity index (χ4n) is 4.75. The van der Waals surface area contributed by atoms with Crippen LogP contribution in [-0.4, -0.2) is 99.7 Å². The van der Waals surface area contributed by atoms with Gasteiger partial charge < -0.3 is 75.7 Å². The molecule has 0 atom stereocenters. The number of hydrogen-bond acceptors (Lipinski definition) is 18. The van der Waals surface area contributed by atoms with Gasteiger partial charge in [-0.05, 0) is 34.6 Å². The topological polar surface area (TPSA) is 320 Å². The van der Waals surface area contributed by atoms with E-state index in [1.807, 2.05) is 0 Å². The number of rotatable bonds is 4. The Kier molecular flexibility index (Phi) is 7.10. The molecule has 3 aromatic carbocycles. The Morgan fingerprint density at radius 2 is 0.702 bits per heavy atom. The van der Waals surface area contributed by atoms with Crippen LogP contribution in [0.15, 0.2) is 0 Å². The first-order chi connectivity index (χ1) is 21.6. The quantitative estimate of drug-likeness (QED) is 0.0842. The molecule has 18 nitrogen and oxygen atoms in total. The molecular formula is C28H28BN3O15. The highest BCUT2D eigenvalue weighted by Gasteiger charge is 2.54. The van der Waals surface area contributed by atoms with E-state index in [-0.39, 0.29) is 0 Å². The smallest absolute Gasteiger partial charge is 0.502 e. The second kappa shape index (κ2) is 10.3. The van der Waals surface area contributed by atoms with Crippen molar-refractivity contribution in [3.05, 3.63) is 5.56 Å². The maximum absolute atomic E-state index is 11.4. The maximum atomic E-state index is 11.4. The zero-order valence-corrected chi connectivity index (χ0v) is 25.0. The molecule has 47 heavy (non-hydrogen) atoms. The van der Waals surface area contributed by atoms with E-state index in [1.165, 1.54) is 0 Å². The van der Waals surface area contributed by atoms with Crippen molar-refractivity contribution in [1.82, 2.24) is 15.0 Å². The van der Waals surface area contributed by atoms with E-state index in [2.05, 4.69) is 15.0 Å². The molecule has 0 aliphatic carbocycles. The summed E-state index contributed by atoms with van der Waals surface area (Å²) in [5.74, 6) is -18.3. The van der Waals surface area contributed by atoms with Crippen LogP contribution in [0.1, 0.15) is 33.3 Å². The summed E-state index contributed by atoms with van der Waals surface area (Å²) in [6.45, 7) is 7.69. The van der Waals surface area contributed by atoms with Gasteiger partial charge in [0.1, 0.15) is 28.2 Å². The lowest BCUT2D eigenvalue weighted by Crippen LogP contribution is -2.41. The second-order valence-corrected chi connectivity index (χ2v) is 11.6. The Hall–Kier alpha value is -5.95. The van der Waals surface area contributed by atoms with Crippen molar-refractivity contribution in [1.29, 1.82) is 0 Å². The molecule has 5 rings (SSSR count). The Morgan fingerprint density at radius 1 is 0.404 bits per heavy atom. The lowest BCUT2D eigenvalue weighted by Gasteiger charge is -2.32. The van der Waals surface area contributed by atoms with Gasteiger partial charge in [0.05, 0.1) is 16.7 Å². The minimum absolute atomic E-state index is 0.402. The van der Waals surface area contributed by atoms with Gasteiger partial charge >= 0.3 is 7.12 Å². The van der Waals surface area contributed by atoms with Gasteiger partial charge in [-0.25, -0.2) is 15.0 Å². The zero-order valence-electron chi connectivity index (χ0n) is 25.0. The van der Waals surface area contributed by atoms with Crippen LogP contribution in [0.3, 0.4) is 0 Å². The number of hydrogen-bond donors (Lipinski definition) is 13. The molecule has 0 saturated carbocycles. The average molecular weight is 657 g/mol. The summed E-state index contributed by atoms with van der Waals surface area (Å²) < 4.78 is 11.7. The van der Waals surface area contributed by atoms with E-state index in [1.54, 1.807) is 27.7 Å². The van der Waals surface area contributed by atoms with Crippen LogP contribution in [-0.2, 0) is 9.31 Å². The number of aromatic hydroxyl groups is 13. The summed E-state index contributed by atoms with van der Waals surface area (Å²) in [5, 5.41) is 137. The van der Waals surface area contributed by atoms with Crippen molar-refractivity contribution in [3.8, 4) is 109 Å². The van der Waals surface area contributed by atoms with Crippen LogP contribution in [0, 0.1) is 6.92 Å². The fraction of sp³-hybridized carbons (Fsp3) is 0.250. The molecule has 0 amide bonds. The lowest BCUT2D eigenvalue weighted by atomic mass is 9.76. The summed E-state index contributed by atoms with van der Waals surface area (Å²) in [7, 11) is -1.57. The van der Waals surface area contributed by atoms with Gasteiger partial charge in [-0.1, -0.05) is 0 Å². The third-order valence-electron chi connectivity index (χ3n) is 8.23. The number of aromatic nitrogens is 3. The van der Waals surface area contributed by atoms with Crippen molar-refractivity contribution in [2.75, 3.05) is 0 Å². The van der Waals surface area contributed by atoms with E-state index in [0.717, 1.165) is 6.92 Å². The van der Waals surface area contributed by atoms with Gasteiger partial charge in [0.25, 0.3) is 0 Å². The third kappa shape index (κ3) is 4.54. The largest absolute Gasteiger partial charge is 0.507 e. The molecule has 13 N–H and O–H groups in total. The summed E-state index contributed by atoms with van der Waals surface area (Å²) in [5.41, 5.74) is -5.81. The van der Waals surface area contributed by atoms with E-state index in [9.17, 15) is 66.4 Å². The van der Waals surface area contributed by atoms with E-state index in [4.69, 9.17) is 9.31 Å². The van der Waals surface area contributed by atoms with Crippen molar-refractivity contribution in [3.63, 3.8) is 0 Å². The molecule has 4 aromatic rings. The summed E-state index contributed by atoms with van der Waals surface area (Å²) in [6, 6.07) is 0. The molecule has 0 radical (unpaired) electrons. The fourth-order valence-corrected chi connectivity index (χ4v) is 4.75. The molecule has 1 saturated heterocycles. The molecular weight excluding hydrogens is 629 g/mol. The van der Waals surface area contributed by atoms with E-state index >= 15 is 0 Å². The van der Waals surface area contributed by atoms with Crippen LogP contribution >= 0.6 is 0 Å². The minimum Gasteiger partial charge on any atom is -0.507 e. The lowest BCUT2D eigenvalue weighted by molar-refractivity contribution is 0.00578. The zero-order chi connectivity index (χ0) is 35.2. The van der Waals surface area contributed by atoms with Gasteiger partial charge in [0, 0.05) is 5.56 Å². The molecule has 248 valence electrons. The van der Waals surface area contributed by atoms with Crippen molar-refractivity contribution >= 4 is 12.6 Å². The number of benzene rings is 3. The first kappa shape index (κ1) is 32.4. The molecule has 0 spiro atoms. The van der Waals surface area contributed by atoms with E-state index < -0.39 is 138 Å². The van der Waals surface area contributed by atoms with Crippen LogP contribution in [0.4, 0.5) is 0 Å². The molecule has 1 fully saturated rings. The molecule has 1 aromatic heterocycles. The van der Waals surface area contributed by atoms with E-state index in [0.29, 0.717) is 0 Å². The number of phenolic OH excluding ortho intramolecular Hbond substituents is 13. The van der Waals surface area contributed by atoms with Gasteiger partial charge in [0.15, 0.2) is 52.0 Å². The molecule has 1 aliphatic heterocycles. The first-order valence-electron chi connectivity index (χ1n) is 13.4. The molecule has 0 unspecified atom stereocenters. The highest BCUT2D eigenvalue weighted by atomic mass is 16.7. The van der Waals surface area contributed by atoms with Crippen molar-refractivity contribution in [2.45, 2.75) is 45.8 Å². The van der Waals surface area contributed by atoms with Crippen molar-refractivity contribution < 1.29 is 75.7 Å².